The van der Waals surface area contributed by atoms with E-state index in [4.69, 9.17) is 28.1 Å². The van der Waals surface area contributed by atoms with Crippen LogP contribution in [0.5, 0.6) is 0 Å². The summed E-state index contributed by atoms with van der Waals surface area (Å²) >= 11 is 8.99. The Hall–Kier alpha value is -2.06. The first-order valence-corrected chi connectivity index (χ1v) is 10.1. The van der Waals surface area contributed by atoms with Gasteiger partial charge < -0.3 is 11.5 Å². The van der Waals surface area contributed by atoms with E-state index in [1.807, 2.05) is 36.5 Å². The molecule has 3 aromatic heterocycles. The summed E-state index contributed by atoms with van der Waals surface area (Å²) in [5.41, 5.74) is 15.3. The number of nitrogen functional groups attached to an aromatic ring is 1. The Kier molecular flexibility index (Phi) is 4.86. The van der Waals surface area contributed by atoms with E-state index in [9.17, 15) is 0 Å². The second kappa shape index (κ2) is 7.28. The molecule has 0 saturated carbocycles. The highest BCUT2D eigenvalue weighted by Crippen LogP contribution is 2.37. The summed E-state index contributed by atoms with van der Waals surface area (Å²) in [5.74, 6) is 0. The monoisotopic (exact) mass is 401 g/mol. The van der Waals surface area contributed by atoms with E-state index in [1.165, 1.54) is 11.3 Å². The van der Waals surface area contributed by atoms with Crippen molar-refractivity contribution in [1.29, 1.82) is 0 Å². The van der Waals surface area contributed by atoms with Gasteiger partial charge in [-0.25, -0.2) is 9.97 Å². The van der Waals surface area contributed by atoms with Gasteiger partial charge in [-0.1, -0.05) is 35.1 Å². The molecule has 3 heterocycles. The average Bonchev–Trinajstić information content (AvgIpc) is 3.20. The van der Waals surface area contributed by atoms with Crippen molar-refractivity contribution in [2.45, 2.75) is 18.9 Å². The summed E-state index contributed by atoms with van der Waals surface area (Å²) in [6, 6.07) is 9.60. The van der Waals surface area contributed by atoms with E-state index in [1.54, 1.807) is 17.5 Å². The molecule has 0 spiro atoms. The topological polar surface area (TPSA) is 90.7 Å². The number of pyridine rings is 1. The molecule has 4 aromatic rings. The number of hydrogen-bond donors (Lipinski definition) is 2. The lowest BCUT2D eigenvalue weighted by Crippen LogP contribution is -2.25. The summed E-state index contributed by atoms with van der Waals surface area (Å²) in [4.78, 5) is 14.3. The lowest BCUT2D eigenvalue weighted by atomic mass is 10.0. The summed E-state index contributed by atoms with van der Waals surface area (Å²) in [5, 5.41) is 2.17. The molecule has 4 N–H and O–H groups in total. The van der Waals surface area contributed by atoms with E-state index in [0.29, 0.717) is 11.6 Å². The predicted molar refractivity (Wildman–Crippen MR) is 110 cm³/mol. The van der Waals surface area contributed by atoms with Gasteiger partial charge in [-0.15, -0.1) is 11.3 Å². The first-order chi connectivity index (χ1) is 12.6. The van der Waals surface area contributed by atoms with Crippen LogP contribution in [-0.4, -0.2) is 21.0 Å². The zero-order chi connectivity index (χ0) is 18.1. The number of hydrogen-bond acceptors (Lipinski definition) is 7. The van der Waals surface area contributed by atoms with Crippen molar-refractivity contribution in [3.63, 3.8) is 0 Å². The third kappa shape index (κ3) is 3.71. The van der Waals surface area contributed by atoms with Crippen LogP contribution in [0.4, 0.5) is 5.13 Å². The predicted octanol–water partition coefficient (Wildman–Crippen LogP) is 4.16. The van der Waals surface area contributed by atoms with Gasteiger partial charge in [0.2, 0.25) is 0 Å². The smallest absolute Gasteiger partial charge is 0.180 e. The van der Waals surface area contributed by atoms with E-state index in [-0.39, 0.29) is 6.04 Å². The van der Waals surface area contributed by atoms with Crippen molar-refractivity contribution >= 4 is 49.6 Å². The Balaban J connectivity index is 1.58. The molecule has 0 amide bonds. The maximum atomic E-state index is 6.37. The van der Waals surface area contributed by atoms with Gasteiger partial charge in [0.15, 0.2) is 5.13 Å². The minimum Gasteiger partial charge on any atom is -0.375 e. The van der Waals surface area contributed by atoms with Gasteiger partial charge in [-0.2, -0.15) is 0 Å². The van der Waals surface area contributed by atoms with Crippen LogP contribution in [0.3, 0.4) is 0 Å². The van der Waals surface area contributed by atoms with Gasteiger partial charge in [-0.05, 0) is 30.2 Å². The highest BCUT2D eigenvalue weighted by Gasteiger charge is 2.18. The maximum Gasteiger partial charge on any atom is 0.180 e. The number of halogens is 1. The van der Waals surface area contributed by atoms with Crippen LogP contribution >= 0.6 is 34.3 Å². The summed E-state index contributed by atoms with van der Waals surface area (Å²) in [6.45, 7) is 0. The first kappa shape index (κ1) is 17.4. The molecule has 0 bridgehead atoms. The molecule has 8 heteroatoms. The number of anilines is 1. The summed E-state index contributed by atoms with van der Waals surface area (Å²) in [7, 11) is 0. The summed E-state index contributed by atoms with van der Waals surface area (Å²) in [6.07, 6.45) is 4.96. The minimum atomic E-state index is -0.0625. The molecule has 4 rings (SSSR count). The van der Waals surface area contributed by atoms with Gasteiger partial charge >= 0.3 is 0 Å². The average molecular weight is 402 g/mol. The lowest BCUT2D eigenvalue weighted by molar-refractivity contribution is 0.657. The normalized spacial score (nSPS) is 12.5. The molecular weight excluding hydrogens is 386 g/mol. The molecule has 0 aliphatic rings. The molecule has 0 radical (unpaired) electrons. The fourth-order valence-electron chi connectivity index (χ4n) is 2.80. The second-order valence-corrected chi connectivity index (χ2v) is 8.48. The van der Waals surface area contributed by atoms with Crippen LogP contribution < -0.4 is 11.5 Å². The Morgan fingerprint density at radius 3 is 2.62 bits per heavy atom. The van der Waals surface area contributed by atoms with E-state index < -0.39 is 0 Å². The van der Waals surface area contributed by atoms with Crippen LogP contribution in [0.2, 0.25) is 5.02 Å². The fraction of sp³-hybridized carbons (Fsp3) is 0.167. The number of rotatable bonds is 5. The zero-order valence-electron chi connectivity index (χ0n) is 13.7. The number of benzene rings is 1. The van der Waals surface area contributed by atoms with Crippen molar-refractivity contribution in [2.24, 2.45) is 5.73 Å². The third-order valence-electron chi connectivity index (χ3n) is 3.97. The number of fused-ring (bicyclic) bond motifs is 1. The molecule has 0 aliphatic heterocycles. The third-order valence-corrected chi connectivity index (χ3v) is 6.30. The minimum absolute atomic E-state index is 0.0625. The van der Waals surface area contributed by atoms with E-state index in [2.05, 4.69) is 9.97 Å². The van der Waals surface area contributed by atoms with Crippen molar-refractivity contribution < 1.29 is 0 Å². The van der Waals surface area contributed by atoms with Gasteiger partial charge in [0.05, 0.1) is 20.8 Å². The molecule has 5 nitrogen and oxygen atoms in total. The Bertz CT molecular complexity index is 1010. The largest absolute Gasteiger partial charge is 0.375 e. The molecule has 1 atom stereocenters. The molecule has 0 saturated heterocycles. The first-order valence-electron chi connectivity index (χ1n) is 8.04. The number of nitrogens with two attached hydrogens (primary N) is 2. The second-order valence-electron chi connectivity index (χ2n) is 5.99. The Morgan fingerprint density at radius 1 is 1.04 bits per heavy atom. The quantitative estimate of drug-likeness (QED) is 0.523. The molecule has 0 aliphatic carbocycles. The van der Waals surface area contributed by atoms with Gasteiger partial charge in [0.1, 0.15) is 5.01 Å². The van der Waals surface area contributed by atoms with Crippen LogP contribution in [0, 0.1) is 0 Å². The highest BCUT2D eigenvalue weighted by molar-refractivity contribution is 7.26. The van der Waals surface area contributed by atoms with Crippen LogP contribution in [0.1, 0.15) is 11.3 Å². The SMILES string of the molecule is Nc1nc(C[C@@H](N)Cc2ccc(Cl)cc2)c(-c2nc3ccncc3s2)s1. The van der Waals surface area contributed by atoms with Crippen LogP contribution in [-0.2, 0) is 12.8 Å². The highest BCUT2D eigenvalue weighted by atomic mass is 35.5. The van der Waals surface area contributed by atoms with Crippen LogP contribution in [0.15, 0.2) is 42.7 Å². The molecule has 132 valence electrons. The summed E-state index contributed by atoms with van der Waals surface area (Å²) < 4.78 is 1.05. The van der Waals surface area contributed by atoms with Crippen molar-refractivity contribution in [2.75, 3.05) is 5.73 Å². The Labute approximate surface area is 163 Å². The van der Waals surface area contributed by atoms with E-state index in [0.717, 1.165) is 42.8 Å². The lowest BCUT2D eigenvalue weighted by Gasteiger charge is -2.11. The number of thiazole rings is 2. The zero-order valence-corrected chi connectivity index (χ0v) is 16.1. The standard InChI is InChI=1S/C18H16ClN5S2/c19-11-3-1-10(2-4-11)7-12(20)8-14-16(26-18(21)24-14)17-23-13-5-6-22-9-15(13)25-17/h1-6,9,12H,7-8,20H2,(H2,21,24)/t12-/m0/s1. The fourth-order valence-corrected chi connectivity index (χ4v) is 4.81. The van der Waals surface area contributed by atoms with Crippen molar-refractivity contribution in [3.8, 4) is 9.88 Å². The number of nitrogens with zero attached hydrogens (tertiary/aromatic N) is 3. The van der Waals surface area contributed by atoms with Gasteiger partial charge in [0.25, 0.3) is 0 Å². The molecule has 0 fully saturated rings. The molecule has 0 unspecified atom stereocenters. The molecule has 1 aromatic carbocycles. The number of aromatic nitrogens is 3. The van der Waals surface area contributed by atoms with Crippen molar-refractivity contribution in [1.82, 2.24) is 15.0 Å². The maximum absolute atomic E-state index is 6.37. The Morgan fingerprint density at radius 2 is 1.85 bits per heavy atom. The van der Waals surface area contributed by atoms with Crippen LogP contribution in [0.25, 0.3) is 20.1 Å². The molecule has 26 heavy (non-hydrogen) atoms. The molecular formula is C18H16ClN5S2. The van der Waals surface area contributed by atoms with Crippen molar-refractivity contribution in [3.05, 3.63) is 59.0 Å². The van der Waals surface area contributed by atoms with E-state index >= 15 is 0 Å². The van der Waals surface area contributed by atoms with Gasteiger partial charge in [-0.3, -0.25) is 4.98 Å². The van der Waals surface area contributed by atoms with Gasteiger partial charge in [0, 0.05) is 29.9 Å².